The Bertz CT molecular complexity index is 272. The molecule has 3 heteroatoms. The number of hydrogen-bond acceptors (Lipinski definition) is 3. The second-order valence-corrected chi connectivity index (χ2v) is 3.88. The van der Waals surface area contributed by atoms with Gasteiger partial charge in [0.25, 0.3) is 0 Å². The van der Waals surface area contributed by atoms with Crippen LogP contribution in [0, 0.1) is 0 Å². The van der Waals surface area contributed by atoms with Crippen LogP contribution in [0.2, 0.25) is 0 Å². The third kappa shape index (κ3) is 5.61. The number of nitrogens with one attached hydrogen (secondary N) is 1. The molecule has 0 atom stereocenters. The molecule has 0 aliphatic rings. The lowest BCUT2D eigenvalue weighted by molar-refractivity contribution is 0.192. The summed E-state index contributed by atoms with van der Waals surface area (Å²) in [5.41, 5.74) is 1.06. The maximum Gasteiger partial charge on any atom is 0.115 e. The molecular formula is C13H21NO2. The smallest absolute Gasteiger partial charge is 0.115 e. The summed E-state index contributed by atoms with van der Waals surface area (Å²) in [5.74, 6) is 0.310. The Kier molecular flexibility index (Phi) is 6.42. The molecule has 0 spiro atoms. The summed E-state index contributed by atoms with van der Waals surface area (Å²) in [6.07, 6.45) is 4.78. The highest BCUT2D eigenvalue weighted by molar-refractivity contribution is 5.45. The molecule has 0 saturated carbocycles. The van der Waals surface area contributed by atoms with Crippen molar-refractivity contribution in [3.05, 3.63) is 24.3 Å². The molecule has 16 heavy (non-hydrogen) atoms. The van der Waals surface area contributed by atoms with Crippen LogP contribution in [0.4, 0.5) is 5.69 Å². The summed E-state index contributed by atoms with van der Waals surface area (Å²) in [6.45, 7) is 1.85. The lowest BCUT2D eigenvalue weighted by atomic mass is 10.2. The van der Waals surface area contributed by atoms with Crippen LogP contribution in [0.3, 0.4) is 0 Å². The van der Waals surface area contributed by atoms with Gasteiger partial charge in [-0.25, -0.2) is 0 Å². The van der Waals surface area contributed by atoms with Gasteiger partial charge in [0.15, 0.2) is 0 Å². The Morgan fingerprint density at radius 1 is 1.06 bits per heavy atom. The van der Waals surface area contributed by atoms with Crippen molar-refractivity contribution in [2.75, 3.05) is 25.6 Å². The molecule has 2 N–H and O–H groups in total. The number of phenolic OH excluding ortho intramolecular Hbond substituents is 1. The highest BCUT2D eigenvalue weighted by atomic mass is 16.5. The van der Waals surface area contributed by atoms with Gasteiger partial charge in [-0.2, -0.15) is 0 Å². The lowest BCUT2D eigenvalue weighted by Gasteiger charge is -2.06. The highest BCUT2D eigenvalue weighted by Gasteiger charge is 1.93. The van der Waals surface area contributed by atoms with Crippen LogP contribution in [0.25, 0.3) is 0 Å². The van der Waals surface area contributed by atoms with E-state index in [1.807, 2.05) is 12.1 Å². The number of rotatable bonds is 8. The zero-order valence-electron chi connectivity index (χ0n) is 9.91. The number of ether oxygens (including phenoxy) is 1. The van der Waals surface area contributed by atoms with Crippen LogP contribution in [-0.4, -0.2) is 25.4 Å². The molecule has 90 valence electrons. The van der Waals surface area contributed by atoms with Gasteiger partial charge >= 0.3 is 0 Å². The first-order valence-corrected chi connectivity index (χ1v) is 5.85. The van der Waals surface area contributed by atoms with E-state index in [2.05, 4.69) is 5.32 Å². The molecule has 1 aromatic rings. The standard InChI is InChI=1S/C13H21NO2/c1-16-11-5-3-2-4-10-14-12-6-8-13(15)9-7-12/h6-9,14-15H,2-5,10-11H2,1H3. The Morgan fingerprint density at radius 3 is 2.44 bits per heavy atom. The van der Waals surface area contributed by atoms with Crippen molar-refractivity contribution in [1.29, 1.82) is 0 Å². The number of aromatic hydroxyl groups is 1. The number of phenols is 1. The maximum absolute atomic E-state index is 9.11. The lowest BCUT2D eigenvalue weighted by Crippen LogP contribution is -2.01. The summed E-state index contributed by atoms with van der Waals surface area (Å²) in [4.78, 5) is 0. The topological polar surface area (TPSA) is 41.5 Å². The van der Waals surface area contributed by atoms with Gasteiger partial charge in [0, 0.05) is 25.9 Å². The van der Waals surface area contributed by atoms with Crippen LogP contribution in [0.15, 0.2) is 24.3 Å². The molecule has 0 fully saturated rings. The molecule has 0 unspecified atom stereocenters. The first-order chi connectivity index (χ1) is 7.83. The summed E-state index contributed by atoms with van der Waals surface area (Å²) in [5, 5.41) is 12.4. The molecular weight excluding hydrogens is 202 g/mol. The van der Waals surface area contributed by atoms with Crippen LogP contribution in [0.1, 0.15) is 25.7 Å². The van der Waals surface area contributed by atoms with Gasteiger partial charge < -0.3 is 15.2 Å². The molecule has 0 aliphatic carbocycles. The van der Waals surface area contributed by atoms with E-state index < -0.39 is 0 Å². The summed E-state index contributed by atoms with van der Waals surface area (Å²) < 4.78 is 4.99. The molecule has 0 aliphatic heterocycles. The van der Waals surface area contributed by atoms with Crippen molar-refractivity contribution in [2.24, 2.45) is 0 Å². The van der Waals surface area contributed by atoms with Crippen molar-refractivity contribution in [1.82, 2.24) is 0 Å². The van der Waals surface area contributed by atoms with Crippen molar-refractivity contribution < 1.29 is 9.84 Å². The maximum atomic E-state index is 9.11. The molecule has 0 heterocycles. The Hall–Kier alpha value is -1.22. The largest absolute Gasteiger partial charge is 0.508 e. The van der Waals surface area contributed by atoms with Crippen LogP contribution in [-0.2, 0) is 4.74 Å². The average molecular weight is 223 g/mol. The normalized spacial score (nSPS) is 10.3. The number of unbranched alkanes of at least 4 members (excludes halogenated alkanes) is 3. The Labute approximate surface area is 97.4 Å². The first-order valence-electron chi connectivity index (χ1n) is 5.85. The average Bonchev–Trinajstić information content (AvgIpc) is 2.30. The van der Waals surface area contributed by atoms with Gasteiger partial charge in [0.1, 0.15) is 5.75 Å². The van der Waals surface area contributed by atoms with E-state index in [1.54, 1.807) is 19.2 Å². The zero-order valence-corrected chi connectivity index (χ0v) is 9.91. The fourth-order valence-electron chi connectivity index (χ4n) is 1.54. The molecule has 0 saturated heterocycles. The van der Waals surface area contributed by atoms with E-state index in [0.717, 1.165) is 25.3 Å². The van der Waals surface area contributed by atoms with Gasteiger partial charge in [-0.3, -0.25) is 0 Å². The quantitative estimate of drug-likeness (QED) is 0.526. The minimum atomic E-state index is 0.310. The van der Waals surface area contributed by atoms with Gasteiger partial charge in [0.05, 0.1) is 0 Å². The van der Waals surface area contributed by atoms with E-state index in [9.17, 15) is 0 Å². The highest BCUT2D eigenvalue weighted by Crippen LogP contribution is 2.13. The number of methoxy groups -OCH3 is 1. The molecule has 3 nitrogen and oxygen atoms in total. The number of anilines is 1. The van der Waals surface area contributed by atoms with Crippen molar-refractivity contribution in [2.45, 2.75) is 25.7 Å². The van der Waals surface area contributed by atoms with E-state index in [1.165, 1.54) is 19.3 Å². The fraction of sp³-hybridized carbons (Fsp3) is 0.538. The predicted molar refractivity (Wildman–Crippen MR) is 66.9 cm³/mol. The molecule has 0 amide bonds. The SMILES string of the molecule is COCCCCCCNc1ccc(O)cc1. The molecule has 0 radical (unpaired) electrons. The van der Waals surface area contributed by atoms with Gasteiger partial charge in [-0.1, -0.05) is 12.8 Å². The summed E-state index contributed by atoms with van der Waals surface area (Å²) >= 11 is 0. The molecule has 1 aromatic carbocycles. The van der Waals surface area contributed by atoms with E-state index in [-0.39, 0.29) is 0 Å². The minimum Gasteiger partial charge on any atom is -0.508 e. The molecule has 0 aromatic heterocycles. The van der Waals surface area contributed by atoms with Gasteiger partial charge in [-0.05, 0) is 37.1 Å². The van der Waals surface area contributed by atoms with Crippen LogP contribution < -0.4 is 5.32 Å². The second-order valence-electron chi connectivity index (χ2n) is 3.88. The summed E-state index contributed by atoms with van der Waals surface area (Å²) in [6, 6.07) is 7.17. The minimum absolute atomic E-state index is 0.310. The monoisotopic (exact) mass is 223 g/mol. The van der Waals surface area contributed by atoms with E-state index in [0.29, 0.717) is 5.75 Å². The van der Waals surface area contributed by atoms with Gasteiger partial charge in [0.2, 0.25) is 0 Å². The zero-order chi connectivity index (χ0) is 11.6. The van der Waals surface area contributed by atoms with E-state index in [4.69, 9.17) is 9.84 Å². The van der Waals surface area contributed by atoms with Gasteiger partial charge in [-0.15, -0.1) is 0 Å². The third-order valence-corrected chi connectivity index (χ3v) is 2.47. The summed E-state index contributed by atoms with van der Waals surface area (Å²) in [7, 11) is 1.74. The van der Waals surface area contributed by atoms with Crippen LogP contribution >= 0.6 is 0 Å². The van der Waals surface area contributed by atoms with E-state index >= 15 is 0 Å². The molecule has 0 bridgehead atoms. The van der Waals surface area contributed by atoms with Crippen molar-refractivity contribution in [3.63, 3.8) is 0 Å². The fourth-order valence-corrected chi connectivity index (χ4v) is 1.54. The van der Waals surface area contributed by atoms with Crippen LogP contribution in [0.5, 0.6) is 5.75 Å². The molecule has 1 rings (SSSR count). The number of hydrogen-bond donors (Lipinski definition) is 2. The predicted octanol–water partition coefficient (Wildman–Crippen LogP) is 3.01. The third-order valence-electron chi connectivity index (χ3n) is 2.47. The van der Waals surface area contributed by atoms with Crippen molar-refractivity contribution >= 4 is 5.69 Å². The first kappa shape index (κ1) is 12.8. The Balaban J connectivity index is 2.01. The number of benzene rings is 1. The van der Waals surface area contributed by atoms with Crippen molar-refractivity contribution in [3.8, 4) is 5.75 Å². The Morgan fingerprint density at radius 2 is 1.75 bits per heavy atom. The second kappa shape index (κ2) is 7.99.